The van der Waals surface area contributed by atoms with E-state index in [4.69, 9.17) is 33.2 Å². The molecular weight excluding hydrogens is 443 g/mol. The molecule has 3 aromatic rings. The van der Waals surface area contributed by atoms with Gasteiger partial charge in [0.25, 0.3) is 0 Å². The predicted molar refractivity (Wildman–Crippen MR) is 104 cm³/mol. The van der Waals surface area contributed by atoms with Crippen molar-refractivity contribution in [3.05, 3.63) is 45.0 Å². The van der Waals surface area contributed by atoms with E-state index in [1.54, 1.807) is 24.3 Å². The first-order chi connectivity index (χ1) is 11.4. The lowest BCUT2D eigenvalue weighted by molar-refractivity contribution is 0.620. The smallest absolute Gasteiger partial charge is 0.228 e. The first-order valence-corrected chi connectivity index (χ1v) is 8.18. The summed E-state index contributed by atoms with van der Waals surface area (Å²) in [6.45, 7) is 0. The fourth-order valence-electron chi connectivity index (χ4n) is 2.05. The Labute approximate surface area is 155 Å². The van der Waals surface area contributed by atoms with Gasteiger partial charge >= 0.3 is 0 Å². The molecular formula is C15H12ClIN6O. The average molecular weight is 455 g/mol. The van der Waals surface area contributed by atoms with Crippen LogP contribution in [0.2, 0.25) is 5.02 Å². The lowest BCUT2D eigenvalue weighted by atomic mass is 10.2. The number of halogens is 2. The van der Waals surface area contributed by atoms with Gasteiger partial charge in [0.1, 0.15) is 5.52 Å². The van der Waals surface area contributed by atoms with Crippen LogP contribution in [0.25, 0.3) is 22.6 Å². The molecule has 0 fully saturated rings. The Morgan fingerprint density at radius 2 is 1.92 bits per heavy atom. The highest BCUT2D eigenvalue weighted by molar-refractivity contribution is 14.1. The van der Waals surface area contributed by atoms with E-state index in [-0.39, 0.29) is 11.9 Å². The molecule has 9 heteroatoms. The second kappa shape index (κ2) is 6.65. The first-order valence-electron chi connectivity index (χ1n) is 6.72. The van der Waals surface area contributed by atoms with E-state index in [0.29, 0.717) is 27.7 Å². The fraction of sp³-hybridized carbons (Fsp3) is 0. The number of guanidine groups is 2. The molecule has 6 N–H and O–H groups in total. The third-order valence-electron chi connectivity index (χ3n) is 3.02. The zero-order valence-electron chi connectivity index (χ0n) is 12.2. The van der Waals surface area contributed by atoms with Crippen LogP contribution in [0, 0.1) is 3.57 Å². The molecule has 0 saturated carbocycles. The number of nitrogens with two attached hydrogens (primary N) is 3. The Morgan fingerprint density at radius 3 is 2.67 bits per heavy atom. The summed E-state index contributed by atoms with van der Waals surface area (Å²) in [4.78, 5) is 12.2. The molecule has 0 aliphatic rings. The fourth-order valence-corrected chi connectivity index (χ4v) is 2.74. The van der Waals surface area contributed by atoms with Gasteiger partial charge in [0.05, 0.1) is 16.3 Å². The molecule has 3 rings (SSSR count). The van der Waals surface area contributed by atoms with Crippen LogP contribution < -0.4 is 17.2 Å². The zero-order valence-corrected chi connectivity index (χ0v) is 15.1. The van der Waals surface area contributed by atoms with Crippen molar-refractivity contribution in [1.29, 1.82) is 0 Å². The maximum Gasteiger partial charge on any atom is 0.228 e. The number of hydrogen-bond acceptors (Lipinski definition) is 3. The minimum Gasteiger partial charge on any atom is -0.436 e. The number of oxazole rings is 1. The SMILES string of the molecule is NC(N)=NC(N)=Nc1ccc2oc(-c3cc(I)ccc3Cl)nc2c1. The largest absolute Gasteiger partial charge is 0.436 e. The van der Waals surface area contributed by atoms with E-state index in [2.05, 4.69) is 37.6 Å². The van der Waals surface area contributed by atoms with Crippen LogP contribution in [0.4, 0.5) is 5.69 Å². The minimum atomic E-state index is -0.158. The molecule has 0 unspecified atom stereocenters. The minimum absolute atomic E-state index is 0.0428. The van der Waals surface area contributed by atoms with Crippen LogP contribution in [0.1, 0.15) is 0 Å². The van der Waals surface area contributed by atoms with E-state index in [0.717, 1.165) is 9.13 Å². The van der Waals surface area contributed by atoms with E-state index in [1.807, 2.05) is 12.1 Å². The van der Waals surface area contributed by atoms with Crippen molar-refractivity contribution in [2.75, 3.05) is 0 Å². The van der Waals surface area contributed by atoms with Crippen molar-refractivity contribution in [2.24, 2.45) is 27.2 Å². The van der Waals surface area contributed by atoms with Crippen molar-refractivity contribution >= 4 is 62.9 Å². The van der Waals surface area contributed by atoms with Crippen LogP contribution in [0.15, 0.2) is 50.8 Å². The Morgan fingerprint density at radius 1 is 1.12 bits per heavy atom. The highest BCUT2D eigenvalue weighted by atomic mass is 127. The second-order valence-corrected chi connectivity index (χ2v) is 6.45. The summed E-state index contributed by atoms with van der Waals surface area (Å²) in [7, 11) is 0. The molecule has 1 heterocycles. The van der Waals surface area contributed by atoms with Gasteiger partial charge in [-0.1, -0.05) is 11.6 Å². The van der Waals surface area contributed by atoms with Crippen LogP contribution in [0.3, 0.4) is 0 Å². The third kappa shape index (κ3) is 3.60. The van der Waals surface area contributed by atoms with Crippen molar-refractivity contribution in [1.82, 2.24) is 4.98 Å². The third-order valence-corrected chi connectivity index (χ3v) is 4.02. The molecule has 0 aliphatic carbocycles. The molecule has 0 radical (unpaired) electrons. The van der Waals surface area contributed by atoms with Crippen molar-refractivity contribution < 1.29 is 4.42 Å². The Kier molecular flexibility index (Phi) is 4.58. The number of fused-ring (bicyclic) bond motifs is 1. The van der Waals surface area contributed by atoms with Gasteiger partial charge in [-0.05, 0) is 59.0 Å². The quantitative estimate of drug-likeness (QED) is 0.311. The number of aromatic nitrogens is 1. The molecule has 0 spiro atoms. The summed E-state index contributed by atoms with van der Waals surface area (Å²) in [5.41, 5.74) is 18.7. The number of hydrogen-bond donors (Lipinski definition) is 3. The summed E-state index contributed by atoms with van der Waals surface area (Å²) in [6.07, 6.45) is 0. The number of aliphatic imine (C=N–C) groups is 2. The zero-order chi connectivity index (χ0) is 17.3. The molecule has 7 nitrogen and oxygen atoms in total. The van der Waals surface area contributed by atoms with E-state index in [1.165, 1.54) is 0 Å². The summed E-state index contributed by atoms with van der Waals surface area (Å²) in [5, 5.41) is 0.567. The molecule has 0 saturated heterocycles. The van der Waals surface area contributed by atoms with Crippen LogP contribution >= 0.6 is 34.2 Å². The molecule has 1 aromatic heterocycles. The molecule has 0 bridgehead atoms. The van der Waals surface area contributed by atoms with Gasteiger partial charge in [-0.25, -0.2) is 9.98 Å². The first kappa shape index (κ1) is 16.5. The topological polar surface area (TPSA) is 129 Å². The molecule has 0 aliphatic heterocycles. The normalized spacial score (nSPS) is 11.7. The molecule has 24 heavy (non-hydrogen) atoms. The molecule has 0 atom stereocenters. The van der Waals surface area contributed by atoms with Gasteiger partial charge < -0.3 is 21.6 Å². The lowest BCUT2D eigenvalue weighted by Crippen LogP contribution is -2.26. The number of nitrogens with zero attached hydrogens (tertiary/aromatic N) is 3. The summed E-state index contributed by atoms with van der Waals surface area (Å²) in [5.74, 6) is 0.236. The van der Waals surface area contributed by atoms with Crippen LogP contribution in [-0.2, 0) is 0 Å². The van der Waals surface area contributed by atoms with Gasteiger partial charge in [-0.2, -0.15) is 4.99 Å². The van der Waals surface area contributed by atoms with E-state index >= 15 is 0 Å². The highest BCUT2D eigenvalue weighted by Gasteiger charge is 2.12. The summed E-state index contributed by atoms with van der Waals surface area (Å²) >= 11 is 8.43. The Hall–Kier alpha value is -2.33. The van der Waals surface area contributed by atoms with Crippen molar-refractivity contribution in [2.45, 2.75) is 0 Å². The van der Waals surface area contributed by atoms with Gasteiger partial charge in [0.2, 0.25) is 11.9 Å². The van der Waals surface area contributed by atoms with Crippen molar-refractivity contribution in [3.63, 3.8) is 0 Å². The summed E-state index contributed by atoms with van der Waals surface area (Å²) in [6, 6.07) is 10.8. The molecule has 0 amide bonds. The Bertz CT molecular complexity index is 977. The van der Waals surface area contributed by atoms with Gasteiger partial charge in [-0.15, -0.1) is 0 Å². The standard InChI is InChI=1S/C15H12ClIN6O/c16-10-3-1-7(17)5-9(10)13-22-11-6-8(2-4-12(11)24-13)21-15(20)23-14(18)19/h1-6H,(H6,18,19,20,21,23). The van der Waals surface area contributed by atoms with Crippen molar-refractivity contribution in [3.8, 4) is 11.5 Å². The second-order valence-electron chi connectivity index (χ2n) is 4.80. The monoisotopic (exact) mass is 454 g/mol. The lowest BCUT2D eigenvalue weighted by Gasteiger charge is -1.99. The Balaban J connectivity index is 2.03. The predicted octanol–water partition coefficient (Wildman–Crippen LogP) is 2.97. The van der Waals surface area contributed by atoms with E-state index < -0.39 is 0 Å². The van der Waals surface area contributed by atoms with Gasteiger partial charge in [0, 0.05) is 3.57 Å². The number of rotatable bonds is 2. The highest BCUT2D eigenvalue weighted by Crippen LogP contribution is 2.32. The van der Waals surface area contributed by atoms with Gasteiger partial charge in [0.15, 0.2) is 11.5 Å². The van der Waals surface area contributed by atoms with E-state index in [9.17, 15) is 0 Å². The number of benzene rings is 2. The van der Waals surface area contributed by atoms with Crippen LogP contribution in [-0.4, -0.2) is 16.9 Å². The van der Waals surface area contributed by atoms with Gasteiger partial charge in [-0.3, -0.25) is 0 Å². The summed E-state index contributed by atoms with van der Waals surface area (Å²) < 4.78 is 6.80. The molecule has 2 aromatic carbocycles. The van der Waals surface area contributed by atoms with Crippen LogP contribution in [0.5, 0.6) is 0 Å². The average Bonchev–Trinajstić information content (AvgIpc) is 2.91. The maximum absolute atomic E-state index is 6.23. The maximum atomic E-state index is 6.23. The molecule has 122 valence electrons.